The molecule has 0 bridgehead atoms. The molecule has 116 valence electrons. The van der Waals surface area contributed by atoms with E-state index in [0.29, 0.717) is 19.0 Å². The standard InChI is InChI=1S/C17H26N2O2/c1-17(2,14-7-5-4-6-8-14)12-18-16(21)19(3)11-15(20)13-9-10-13/h4-8,13,15,20H,9-12H2,1-3H3,(H,18,21). The fourth-order valence-corrected chi connectivity index (χ4v) is 2.42. The average Bonchev–Trinajstić information content (AvgIpc) is 3.30. The van der Waals surface area contributed by atoms with E-state index in [1.54, 1.807) is 11.9 Å². The maximum Gasteiger partial charge on any atom is 0.317 e. The third-order valence-electron chi connectivity index (χ3n) is 4.21. The molecule has 2 N–H and O–H groups in total. The lowest BCUT2D eigenvalue weighted by Crippen LogP contribution is -2.45. The second kappa shape index (κ2) is 6.48. The molecule has 21 heavy (non-hydrogen) atoms. The Morgan fingerprint density at radius 2 is 2.00 bits per heavy atom. The van der Waals surface area contributed by atoms with E-state index >= 15 is 0 Å². The van der Waals surface area contributed by atoms with Crippen LogP contribution >= 0.6 is 0 Å². The SMILES string of the molecule is CN(CC(O)C1CC1)C(=O)NCC(C)(C)c1ccccc1. The van der Waals surface area contributed by atoms with Gasteiger partial charge in [-0.25, -0.2) is 4.79 Å². The van der Waals surface area contributed by atoms with Crippen LogP contribution in [0, 0.1) is 5.92 Å². The summed E-state index contributed by atoms with van der Waals surface area (Å²) in [5.41, 5.74) is 1.08. The highest BCUT2D eigenvalue weighted by molar-refractivity contribution is 5.74. The van der Waals surface area contributed by atoms with E-state index in [4.69, 9.17) is 0 Å². The van der Waals surface area contributed by atoms with Crippen molar-refractivity contribution in [2.24, 2.45) is 5.92 Å². The third kappa shape index (κ3) is 4.46. The summed E-state index contributed by atoms with van der Waals surface area (Å²) in [6.45, 7) is 5.20. The number of likely N-dealkylation sites (N-methyl/N-ethyl adjacent to an activating group) is 1. The molecule has 1 atom stereocenters. The lowest BCUT2D eigenvalue weighted by atomic mass is 9.85. The van der Waals surface area contributed by atoms with Crippen molar-refractivity contribution in [1.29, 1.82) is 0 Å². The number of carbonyl (C=O) groups excluding carboxylic acids is 1. The number of benzene rings is 1. The summed E-state index contributed by atoms with van der Waals surface area (Å²) in [5.74, 6) is 0.390. The van der Waals surface area contributed by atoms with Crippen molar-refractivity contribution in [3.8, 4) is 0 Å². The zero-order valence-electron chi connectivity index (χ0n) is 13.2. The second-order valence-corrected chi connectivity index (χ2v) is 6.69. The van der Waals surface area contributed by atoms with Gasteiger partial charge in [0.05, 0.1) is 6.10 Å². The molecule has 1 aliphatic rings. The summed E-state index contributed by atoms with van der Waals surface area (Å²) < 4.78 is 0. The minimum absolute atomic E-state index is 0.118. The van der Waals surface area contributed by atoms with Gasteiger partial charge in [0.1, 0.15) is 0 Å². The third-order valence-corrected chi connectivity index (χ3v) is 4.21. The van der Waals surface area contributed by atoms with Gasteiger partial charge in [-0.2, -0.15) is 0 Å². The van der Waals surface area contributed by atoms with E-state index in [-0.39, 0.29) is 17.6 Å². The van der Waals surface area contributed by atoms with Gasteiger partial charge in [-0.05, 0) is 24.3 Å². The Hall–Kier alpha value is -1.55. The smallest absolute Gasteiger partial charge is 0.317 e. The molecular formula is C17H26N2O2. The molecule has 0 radical (unpaired) electrons. The van der Waals surface area contributed by atoms with Crippen molar-refractivity contribution in [2.45, 2.75) is 38.2 Å². The van der Waals surface area contributed by atoms with E-state index in [2.05, 4.69) is 31.3 Å². The van der Waals surface area contributed by atoms with Gasteiger partial charge in [0.25, 0.3) is 0 Å². The molecule has 1 unspecified atom stereocenters. The topological polar surface area (TPSA) is 52.6 Å². The van der Waals surface area contributed by atoms with Crippen molar-refractivity contribution in [3.63, 3.8) is 0 Å². The van der Waals surface area contributed by atoms with Crippen molar-refractivity contribution in [2.75, 3.05) is 20.1 Å². The van der Waals surface area contributed by atoms with Crippen LogP contribution in [-0.2, 0) is 5.41 Å². The number of rotatable bonds is 6. The Kier molecular flexibility index (Phi) is 4.88. The Morgan fingerprint density at radius 3 is 2.57 bits per heavy atom. The zero-order valence-corrected chi connectivity index (χ0v) is 13.2. The molecule has 1 aliphatic carbocycles. The van der Waals surface area contributed by atoms with Crippen LogP contribution in [0.5, 0.6) is 0 Å². The summed E-state index contributed by atoms with van der Waals surface area (Å²) in [7, 11) is 1.73. The summed E-state index contributed by atoms with van der Waals surface area (Å²) >= 11 is 0. The first kappa shape index (κ1) is 15.8. The highest BCUT2D eigenvalue weighted by Gasteiger charge is 2.31. The highest BCUT2D eigenvalue weighted by atomic mass is 16.3. The number of amides is 2. The van der Waals surface area contributed by atoms with Crippen LogP contribution in [0.4, 0.5) is 4.79 Å². The van der Waals surface area contributed by atoms with Crippen molar-refractivity contribution in [1.82, 2.24) is 10.2 Å². The minimum Gasteiger partial charge on any atom is -0.391 e. The van der Waals surface area contributed by atoms with Crippen LogP contribution in [0.3, 0.4) is 0 Å². The van der Waals surface area contributed by atoms with Crippen LogP contribution in [0.2, 0.25) is 0 Å². The number of hydrogen-bond acceptors (Lipinski definition) is 2. The number of carbonyl (C=O) groups is 1. The first-order chi connectivity index (χ1) is 9.90. The summed E-state index contributed by atoms with van der Waals surface area (Å²) in [6.07, 6.45) is 1.78. The molecule has 1 fully saturated rings. The van der Waals surface area contributed by atoms with Crippen molar-refractivity contribution in [3.05, 3.63) is 35.9 Å². The lowest BCUT2D eigenvalue weighted by molar-refractivity contribution is 0.113. The Bertz CT molecular complexity index is 469. The average molecular weight is 290 g/mol. The van der Waals surface area contributed by atoms with Crippen LogP contribution < -0.4 is 5.32 Å². The van der Waals surface area contributed by atoms with Gasteiger partial charge in [-0.3, -0.25) is 0 Å². The number of aliphatic hydroxyl groups excluding tert-OH is 1. The van der Waals surface area contributed by atoms with Crippen LogP contribution in [-0.4, -0.2) is 42.3 Å². The molecule has 4 heteroatoms. The molecule has 2 rings (SSSR count). The molecule has 0 aliphatic heterocycles. The van der Waals surface area contributed by atoms with E-state index < -0.39 is 0 Å². The van der Waals surface area contributed by atoms with Crippen molar-refractivity contribution < 1.29 is 9.90 Å². The number of hydrogen-bond donors (Lipinski definition) is 2. The highest BCUT2D eigenvalue weighted by Crippen LogP contribution is 2.32. The predicted molar refractivity (Wildman–Crippen MR) is 84.2 cm³/mol. The number of nitrogens with one attached hydrogen (secondary N) is 1. The zero-order chi connectivity index (χ0) is 15.5. The molecule has 0 heterocycles. The second-order valence-electron chi connectivity index (χ2n) is 6.69. The fraction of sp³-hybridized carbons (Fsp3) is 0.588. The van der Waals surface area contributed by atoms with Crippen LogP contribution in [0.25, 0.3) is 0 Å². The Labute approximate surface area is 127 Å². The van der Waals surface area contributed by atoms with Gasteiger partial charge in [0.2, 0.25) is 0 Å². The quantitative estimate of drug-likeness (QED) is 0.845. The van der Waals surface area contributed by atoms with Crippen molar-refractivity contribution >= 4 is 6.03 Å². The molecule has 1 aromatic rings. The molecule has 0 spiro atoms. The molecule has 0 aromatic heterocycles. The maximum absolute atomic E-state index is 12.1. The number of aliphatic hydroxyl groups is 1. The predicted octanol–water partition coefficient (Wildman–Crippen LogP) is 2.38. The van der Waals surface area contributed by atoms with Gasteiger partial charge in [-0.1, -0.05) is 44.2 Å². The minimum atomic E-state index is -0.386. The van der Waals surface area contributed by atoms with Gasteiger partial charge in [0.15, 0.2) is 0 Å². The van der Waals surface area contributed by atoms with Gasteiger partial charge < -0.3 is 15.3 Å². The Balaban J connectivity index is 1.82. The molecule has 1 saturated carbocycles. The monoisotopic (exact) mass is 290 g/mol. The number of nitrogens with zero attached hydrogens (tertiary/aromatic N) is 1. The normalized spacial score (nSPS) is 16.4. The van der Waals surface area contributed by atoms with Crippen LogP contribution in [0.1, 0.15) is 32.3 Å². The summed E-state index contributed by atoms with van der Waals surface area (Å²) in [4.78, 5) is 13.7. The number of urea groups is 1. The van der Waals surface area contributed by atoms with E-state index in [1.165, 1.54) is 5.56 Å². The molecule has 1 aromatic carbocycles. The molecule has 4 nitrogen and oxygen atoms in total. The molecule has 2 amide bonds. The van der Waals surface area contributed by atoms with E-state index in [1.807, 2.05) is 18.2 Å². The first-order valence-corrected chi connectivity index (χ1v) is 7.63. The van der Waals surface area contributed by atoms with E-state index in [9.17, 15) is 9.90 Å². The van der Waals surface area contributed by atoms with Crippen LogP contribution in [0.15, 0.2) is 30.3 Å². The fourth-order valence-electron chi connectivity index (χ4n) is 2.42. The Morgan fingerprint density at radius 1 is 1.38 bits per heavy atom. The maximum atomic E-state index is 12.1. The largest absolute Gasteiger partial charge is 0.391 e. The summed E-state index contributed by atoms with van der Waals surface area (Å²) in [5, 5.41) is 12.9. The van der Waals surface area contributed by atoms with Gasteiger partial charge >= 0.3 is 6.03 Å². The van der Waals surface area contributed by atoms with Gasteiger partial charge in [-0.15, -0.1) is 0 Å². The molecule has 0 saturated heterocycles. The lowest BCUT2D eigenvalue weighted by Gasteiger charge is -2.28. The van der Waals surface area contributed by atoms with Gasteiger partial charge in [0, 0.05) is 25.6 Å². The summed E-state index contributed by atoms with van der Waals surface area (Å²) in [6, 6.07) is 10.0. The molecular weight excluding hydrogens is 264 g/mol. The first-order valence-electron chi connectivity index (χ1n) is 7.63. The van der Waals surface area contributed by atoms with E-state index in [0.717, 1.165) is 12.8 Å².